The molecule has 0 saturated carbocycles. The molecule has 0 unspecified atom stereocenters. The summed E-state index contributed by atoms with van der Waals surface area (Å²) in [6.07, 6.45) is 0. The molecule has 0 fully saturated rings. The Labute approximate surface area is 121 Å². The minimum Gasteiger partial charge on any atom is -0.497 e. The summed E-state index contributed by atoms with van der Waals surface area (Å²) in [6.45, 7) is 2.75. The van der Waals surface area contributed by atoms with E-state index in [4.69, 9.17) is 9.47 Å². The second-order valence-electron chi connectivity index (χ2n) is 4.10. The van der Waals surface area contributed by atoms with Crippen LogP contribution in [0.25, 0.3) is 0 Å². The first-order valence-corrected chi connectivity index (χ1v) is 6.95. The maximum Gasteiger partial charge on any atom is 0.271 e. The highest BCUT2D eigenvalue weighted by molar-refractivity contribution is 7.05. The largest absolute Gasteiger partial charge is 0.497 e. The maximum atomic E-state index is 11.7. The molecular formula is C14H16N2O3S. The highest BCUT2D eigenvalue weighted by Crippen LogP contribution is 2.16. The lowest BCUT2D eigenvalue weighted by atomic mass is 10.3. The number of hydrogen-bond acceptors (Lipinski definition) is 5. The van der Waals surface area contributed by atoms with Crippen molar-refractivity contribution in [1.82, 2.24) is 9.69 Å². The van der Waals surface area contributed by atoms with Gasteiger partial charge >= 0.3 is 0 Å². The average molecular weight is 292 g/mol. The lowest BCUT2D eigenvalue weighted by Gasteiger charge is -2.07. The molecule has 6 heteroatoms. The van der Waals surface area contributed by atoms with Crippen molar-refractivity contribution in [2.24, 2.45) is 0 Å². The third-order valence-electron chi connectivity index (χ3n) is 2.58. The normalized spacial score (nSPS) is 10.1. The van der Waals surface area contributed by atoms with Gasteiger partial charge in [-0.15, -0.1) is 0 Å². The third kappa shape index (κ3) is 3.96. The number of hydrogen-bond donors (Lipinski definition) is 1. The molecule has 1 N–H and O–H groups in total. The first kappa shape index (κ1) is 14.3. The number of carbonyl (C=O) groups is 1. The molecule has 1 aromatic heterocycles. The van der Waals surface area contributed by atoms with E-state index in [2.05, 4.69) is 9.69 Å². The molecule has 2 rings (SSSR count). The van der Waals surface area contributed by atoms with E-state index in [-0.39, 0.29) is 5.91 Å². The Morgan fingerprint density at radius 2 is 2.00 bits per heavy atom. The van der Waals surface area contributed by atoms with E-state index >= 15 is 0 Å². The molecule has 0 saturated heterocycles. The summed E-state index contributed by atoms with van der Waals surface area (Å²) in [5, 5.41) is 2.76. The van der Waals surface area contributed by atoms with Gasteiger partial charge in [0, 0.05) is 4.88 Å². The quantitative estimate of drug-likeness (QED) is 0.830. The van der Waals surface area contributed by atoms with Crippen LogP contribution in [0.3, 0.4) is 0 Å². The van der Waals surface area contributed by atoms with Crippen LogP contribution < -0.4 is 14.8 Å². The molecule has 5 nitrogen and oxygen atoms in total. The number of amides is 1. The summed E-state index contributed by atoms with van der Waals surface area (Å²) >= 11 is 1.32. The number of aromatic nitrogens is 1. The number of nitrogens with one attached hydrogen (secondary N) is 1. The number of nitrogens with zero attached hydrogens (tertiary/aromatic N) is 1. The molecule has 0 aliphatic carbocycles. The molecule has 0 aliphatic rings. The Balaban J connectivity index is 1.72. The van der Waals surface area contributed by atoms with E-state index in [0.717, 1.165) is 16.4 Å². The van der Waals surface area contributed by atoms with Gasteiger partial charge in [0.15, 0.2) is 0 Å². The number of rotatable bonds is 6. The van der Waals surface area contributed by atoms with Crippen molar-refractivity contribution in [2.75, 3.05) is 20.3 Å². The van der Waals surface area contributed by atoms with Gasteiger partial charge in [0.05, 0.1) is 13.7 Å². The zero-order chi connectivity index (χ0) is 14.4. The average Bonchev–Trinajstić information content (AvgIpc) is 2.91. The van der Waals surface area contributed by atoms with Crippen molar-refractivity contribution in [1.29, 1.82) is 0 Å². The summed E-state index contributed by atoms with van der Waals surface area (Å²) in [7, 11) is 1.62. The minimum atomic E-state index is -0.173. The maximum absolute atomic E-state index is 11.7. The fourth-order valence-electron chi connectivity index (χ4n) is 1.57. The second kappa shape index (κ2) is 6.91. The second-order valence-corrected chi connectivity index (χ2v) is 5.11. The Hall–Kier alpha value is -2.08. The van der Waals surface area contributed by atoms with E-state index in [1.54, 1.807) is 13.2 Å². The van der Waals surface area contributed by atoms with Gasteiger partial charge in [-0.25, -0.2) is 0 Å². The van der Waals surface area contributed by atoms with E-state index in [1.165, 1.54) is 11.5 Å². The van der Waals surface area contributed by atoms with Crippen LogP contribution >= 0.6 is 11.5 Å². The fraction of sp³-hybridized carbons (Fsp3) is 0.286. The predicted molar refractivity (Wildman–Crippen MR) is 77.7 cm³/mol. The monoisotopic (exact) mass is 292 g/mol. The molecule has 1 amide bonds. The highest BCUT2D eigenvalue weighted by atomic mass is 32.1. The highest BCUT2D eigenvalue weighted by Gasteiger charge is 2.08. The molecule has 0 radical (unpaired) electrons. The Bertz CT molecular complexity index is 566. The molecule has 0 spiro atoms. The first-order chi connectivity index (χ1) is 9.69. The van der Waals surface area contributed by atoms with E-state index in [9.17, 15) is 4.79 Å². The lowest BCUT2D eigenvalue weighted by molar-refractivity contribution is 0.0943. The van der Waals surface area contributed by atoms with Crippen LogP contribution in [0.4, 0.5) is 0 Å². The number of benzene rings is 1. The van der Waals surface area contributed by atoms with Crippen molar-refractivity contribution in [2.45, 2.75) is 6.92 Å². The fourth-order valence-corrected chi connectivity index (χ4v) is 2.11. The molecule has 1 aromatic carbocycles. The number of methoxy groups -OCH3 is 1. The third-order valence-corrected chi connectivity index (χ3v) is 3.27. The molecular weight excluding hydrogens is 276 g/mol. The van der Waals surface area contributed by atoms with E-state index in [1.807, 2.05) is 31.2 Å². The van der Waals surface area contributed by atoms with Crippen molar-refractivity contribution in [3.05, 3.63) is 40.9 Å². The topological polar surface area (TPSA) is 60.5 Å². The molecule has 1 heterocycles. The standard InChI is InChI=1S/C14H16N2O3S/c1-10-9-13(16-20-10)14(17)15-7-8-19-12-5-3-11(18-2)4-6-12/h3-6,9H,7-8H2,1-2H3,(H,15,17). The number of aryl methyl sites for hydroxylation is 1. The summed E-state index contributed by atoms with van der Waals surface area (Å²) in [5.41, 5.74) is 0.456. The van der Waals surface area contributed by atoms with Gasteiger partial charge in [0.25, 0.3) is 5.91 Å². The molecule has 0 atom stereocenters. The molecule has 2 aromatic rings. The van der Waals surface area contributed by atoms with Gasteiger partial charge < -0.3 is 14.8 Å². The summed E-state index contributed by atoms with van der Waals surface area (Å²) in [5.74, 6) is 1.35. The van der Waals surface area contributed by atoms with Crippen molar-refractivity contribution in [3.63, 3.8) is 0 Å². The van der Waals surface area contributed by atoms with Crippen molar-refractivity contribution >= 4 is 17.4 Å². The van der Waals surface area contributed by atoms with Crippen LogP contribution in [0.15, 0.2) is 30.3 Å². The van der Waals surface area contributed by atoms with E-state index in [0.29, 0.717) is 18.8 Å². The van der Waals surface area contributed by atoms with E-state index < -0.39 is 0 Å². The SMILES string of the molecule is COc1ccc(OCCNC(=O)c2cc(C)sn2)cc1. The Morgan fingerprint density at radius 1 is 1.30 bits per heavy atom. The summed E-state index contributed by atoms with van der Waals surface area (Å²) in [4.78, 5) is 12.7. The van der Waals surface area contributed by atoms with Crippen molar-refractivity contribution < 1.29 is 14.3 Å². The smallest absolute Gasteiger partial charge is 0.271 e. The van der Waals surface area contributed by atoms with Crippen LogP contribution in [0.2, 0.25) is 0 Å². The Kier molecular flexibility index (Phi) is 4.95. The zero-order valence-electron chi connectivity index (χ0n) is 11.4. The molecule has 20 heavy (non-hydrogen) atoms. The van der Waals surface area contributed by atoms with Crippen LogP contribution in [0.5, 0.6) is 11.5 Å². The predicted octanol–water partition coefficient (Wildman–Crippen LogP) is 2.27. The minimum absolute atomic E-state index is 0.173. The van der Waals surface area contributed by atoms with Crippen LogP contribution in [0, 0.1) is 6.92 Å². The Morgan fingerprint density at radius 3 is 2.60 bits per heavy atom. The number of carbonyl (C=O) groups excluding carboxylic acids is 1. The number of ether oxygens (including phenoxy) is 2. The lowest BCUT2D eigenvalue weighted by Crippen LogP contribution is -2.28. The van der Waals surface area contributed by atoms with Crippen LogP contribution in [0.1, 0.15) is 15.4 Å². The summed E-state index contributed by atoms with van der Waals surface area (Å²) in [6, 6.07) is 9.07. The van der Waals surface area contributed by atoms with Gasteiger partial charge in [-0.3, -0.25) is 4.79 Å². The molecule has 106 valence electrons. The molecule has 0 bridgehead atoms. The first-order valence-electron chi connectivity index (χ1n) is 6.17. The molecule has 0 aliphatic heterocycles. The van der Waals surface area contributed by atoms with Crippen molar-refractivity contribution in [3.8, 4) is 11.5 Å². The zero-order valence-corrected chi connectivity index (χ0v) is 12.2. The van der Waals surface area contributed by atoms with Gasteiger partial charge in [-0.05, 0) is 48.8 Å². The summed E-state index contributed by atoms with van der Waals surface area (Å²) < 4.78 is 14.6. The van der Waals surface area contributed by atoms with Gasteiger partial charge in [-0.1, -0.05) is 0 Å². The van der Waals surface area contributed by atoms with Gasteiger partial charge in [-0.2, -0.15) is 4.37 Å². The van der Waals surface area contributed by atoms with Gasteiger partial charge in [0.2, 0.25) is 0 Å². The van der Waals surface area contributed by atoms with Gasteiger partial charge in [0.1, 0.15) is 23.8 Å². The van der Waals surface area contributed by atoms with Crippen LogP contribution in [-0.4, -0.2) is 30.5 Å². The van der Waals surface area contributed by atoms with Crippen LogP contribution in [-0.2, 0) is 0 Å².